The van der Waals surface area contributed by atoms with Crippen molar-refractivity contribution < 1.29 is 32.6 Å². The number of nitrogens with zero attached hydrogens (tertiary/aromatic N) is 2. The largest absolute Gasteiger partial charge is 0.437 e. The summed E-state index contributed by atoms with van der Waals surface area (Å²) in [6.07, 6.45) is -2.43. The van der Waals surface area contributed by atoms with Crippen LogP contribution in [0.25, 0.3) is 0 Å². The standard InChI is InChI=1S/C18H13ClF3N3O4/c19-12-8-10(24-13-9-15(27)25(6-7-26)17(13)28)3-4-14(12)29-16-11(18(20,21)22)2-1-5-23-16/h1-5,8-9,24,26H,6-7H2. The highest BCUT2D eigenvalue weighted by Gasteiger charge is 2.35. The first kappa shape index (κ1) is 20.6. The Kier molecular flexibility index (Phi) is 5.76. The fourth-order valence-electron chi connectivity index (χ4n) is 2.52. The molecule has 0 radical (unpaired) electrons. The quantitative estimate of drug-likeness (QED) is 0.688. The van der Waals surface area contributed by atoms with Crippen LogP contribution in [0.2, 0.25) is 5.02 Å². The van der Waals surface area contributed by atoms with Crippen LogP contribution in [-0.2, 0) is 15.8 Å². The van der Waals surface area contributed by atoms with Gasteiger partial charge in [-0.15, -0.1) is 0 Å². The van der Waals surface area contributed by atoms with Crippen molar-refractivity contribution in [3.63, 3.8) is 0 Å². The Morgan fingerprint density at radius 1 is 1.24 bits per heavy atom. The monoisotopic (exact) mass is 427 g/mol. The summed E-state index contributed by atoms with van der Waals surface area (Å²) in [5.74, 6) is -1.93. The molecule has 0 atom stereocenters. The Balaban J connectivity index is 1.78. The molecule has 0 saturated carbocycles. The molecule has 2 heterocycles. The molecule has 0 spiro atoms. The molecule has 29 heavy (non-hydrogen) atoms. The minimum atomic E-state index is -4.65. The molecule has 0 unspecified atom stereocenters. The van der Waals surface area contributed by atoms with Gasteiger partial charge in [0.2, 0.25) is 5.88 Å². The van der Waals surface area contributed by atoms with E-state index in [1.165, 1.54) is 18.2 Å². The molecule has 2 N–H and O–H groups in total. The number of nitrogens with one attached hydrogen (secondary N) is 1. The van der Waals surface area contributed by atoms with E-state index in [2.05, 4.69) is 10.3 Å². The minimum Gasteiger partial charge on any atom is -0.437 e. The highest BCUT2D eigenvalue weighted by Crippen LogP contribution is 2.38. The van der Waals surface area contributed by atoms with Crippen molar-refractivity contribution in [1.29, 1.82) is 0 Å². The molecule has 3 rings (SSSR count). The number of halogens is 4. The minimum absolute atomic E-state index is 0.0303. The summed E-state index contributed by atoms with van der Waals surface area (Å²) in [6, 6.07) is 6.00. The first-order valence-electron chi connectivity index (χ1n) is 8.15. The molecule has 2 aromatic rings. The highest BCUT2D eigenvalue weighted by atomic mass is 35.5. The van der Waals surface area contributed by atoms with Crippen LogP contribution < -0.4 is 10.1 Å². The maximum Gasteiger partial charge on any atom is 0.421 e. The van der Waals surface area contributed by atoms with Gasteiger partial charge >= 0.3 is 6.18 Å². The van der Waals surface area contributed by atoms with Gasteiger partial charge < -0.3 is 15.2 Å². The van der Waals surface area contributed by atoms with Crippen LogP contribution in [0, 0.1) is 0 Å². The molecule has 0 aliphatic carbocycles. The lowest BCUT2D eigenvalue weighted by Gasteiger charge is -2.15. The van der Waals surface area contributed by atoms with E-state index in [1.54, 1.807) is 0 Å². The lowest BCUT2D eigenvalue weighted by molar-refractivity contribution is -0.139. The van der Waals surface area contributed by atoms with Gasteiger partial charge in [0.05, 0.1) is 18.2 Å². The molecule has 1 aromatic heterocycles. The van der Waals surface area contributed by atoms with Crippen LogP contribution in [0.1, 0.15) is 5.56 Å². The number of aliphatic hydroxyl groups excluding tert-OH is 1. The summed E-state index contributed by atoms with van der Waals surface area (Å²) in [6.45, 7) is -0.512. The number of hydrogen-bond acceptors (Lipinski definition) is 6. The van der Waals surface area contributed by atoms with Gasteiger partial charge in [0.25, 0.3) is 11.8 Å². The van der Waals surface area contributed by atoms with E-state index < -0.39 is 29.4 Å². The van der Waals surface area contributed by atoms with Crippen molar-refractivity contribution in [3.8, 4) is 11.6 Å². The smallest absolute Gasteiger partial charge is 0.421 e. The Morgan fingerprint density at radius 3 is 2.66 bits per heavy atom. The SMILES string of the molecule is O=C1C=C(Nc2ccc(Oc3ncccc3C(F)(F)F)c(Cl)c2)C(=O)N1CCO. The van der Waals surface area contributed by atoms with E-state index in [0.717, 1.165) is 29.3 Å². The molecular weight excluding hydrogens is 415 g/mol. The predicted molar refractivity (Wildman–Crippen MR) is 96.3 cm³/mol. The number of aliphatic hydroxyl groups is 1. The molecule has 1 aromatic carbocycles. The van der Waals surface area contributed by atoms with Crippen LogP contribution >= 0.6 is 11.6 Å². The van der Waals surface area contributed by atoms with Crippen LogP contribution in [0.3, 0.4) is 0 Å². The van der Waals surface area contributed by atoms with Crippen molar-refractivity contribution in [1.82, 2.24) is 9.88 Å². The number of alkyl halides is 3. The van der Waals surface area contributed by atoms with Gasteiger partial charge in [0, 0.05) is 18.0 Å². The van der Waals surface area contributed by atoms with Crippen molar-refractivity contribution in [2.75, 3.05) is 18.5 Å². The van der Waals surface area contributed by atoms with E-state index in [9.17, 15) is 22.8 Å². The maximum atomic E-state index is 13.0. The average molecular weight is 428 g/mol. The third-order valence-electron chi connectivity index (χ3n) is 3.83. The number of benzene rings is 1. The van der Waals surface area contributed by atoms with Gasteiger partial charge in [-0.3, -0.25) is 14.5 Å². The number of rotatable bonds is 6. The van der Waals surface area contributed by atoms with Crippen molar-refractivity contribution >= 4 is 29.1 Å². The fraction of sp³-hybridized carbons (Fsp3) is 0.167. The number of hydrogen-bond donors (Lipinski definition) is 2. The summed E-state index contributed by atoms with van der Waals surface area (Å²) in [5, 5.41) is 11.6. The van der Waals surface area contributed by atoms with Gasteiger partial charge in [-0.1, -0.05) is 11.6 Å². The van der Waals surface area contributed by atoms with Crippen molar-refractivity contribution in [2.45, 2.75) is 6.18 Å². The molecule has 0 bridgehead atoms. The van der Waals surface area contributed by atoms with Crippen LogP contribution in [0.4, 0.5) is 18.9 Å². The molecule has 0 saturated heterocycles. The van der Waals surface area contributed by atoms with Gasteiger partial charge in [0.1, 0.15) is 17.0 Å². The second kappa shape index (κ2) is 8.10. The number of amides is 2. The van der Waals surface area contributed by atoms with Crippen LogP contribution in [-0.4, -0.2) is 40.0 Å². The maximum absolute atomic E-state index is 13.0. The Bertz CT molecular complexity index is 995. The molecule has 0 fully saturated rings. The molecule has 1 aliphatic heterocycles. The number of carbonyl (C=O) groups excluding carboxylic acids is 2. The zero-order chi connectivity index (χ0) is 21.2. The van der Waals surface area contributed by atoms with E-state index >= 15 is 0 Å². The summed E-state index contributed by atoms with van der Waals surface area (Å²) in [5.41, 5.74) is -0.780. The summed E-state index contributed by atoms with van der Waals surface area (Å²) in [7, 11) is 0. The molecule has 2 amide bonds. The topological polar surface area (TPSA) is 91.8 Å². The molecule has 152 valence electrons. The van der Waals surface area contributed by atoms with E-state index in [0.29, 0.717) is 5.69 Å². The number of ether oxygens (including phenoxy) is 1. The van der Waals surface area contributed by atoms with Gasteiger partial charge in [-0.2, -0.15) is 13.2 Å². The van der Waals surface area contributed by atoms with E-state index in [-0.39, 0.29) is 29.6 Å². The Hall–Kier alpha value is -3.11. The molecule has 11 heteroatoms. The predicted octanol–water partition coefficient (Wildman–Crippen LogP) is 3.20. The summed E-state index contributed by atoms with van der Waals surface area (Å²) < 4.78 is 44.4. The zero-order valence-electron chi connectivity index (χ0n) is 14.5. The number of β-amino-alcohol motifs (C(OH)–C–C–N with tert-alkyl or cyclic N) is 1. The van der Waals surface area contributed by atoms with Crippen LogP contribution in [0.5, 0.6) is 11.6 Å². The van der Waals surface area contributed by atoms with Crippen molar-refractivity contribution in [3.05, 3.63) is 58.9 Å². The summed E-state index contributed by atoms with van der Waals surface area (Å²) in [4.78, 5) is 28.3. The zero-order valence-corrected chi connectivity index (χ0v) is 15.3. The van der Waals surface area contributed by atoms with E-state index in [4.69, 9.17) is 21.4 Å². The molecule has 7 nitrogen and oxygen atoms in total. The second-order valence-electron chi connectivity index (χ2n) is 5.80. The number of anilines is 1. The lowest BCUT2D eigenvalue weighted by atomic mass is 10.2. The van der Waals surface area contributed by atoms with Gasteiger partial charge in [-0.05, 0) is 30.3 Å². The average Bonchev–Trinajstić information content (AvgIpc) is 2.91. The Morgan fingerprint density at radius 2 is 2.00 bits per heavy atom. The number of imide groups is 1. The van der Waals surface area contributed by atoms with Crippen LogP contribution in [0.15, 0.2) is 48.3 Å². The third kappa shape index (κ3) is 4.49. The Labute approximate surface area is 167 Å². The normalized spacial score (nSPS) is 14.2. The molecule has 1 aliphatic rings. The fourth-order valence-corrected chi connectivity index (χ4v) is 2.74. The third-order valence-corrected chi connectivity index (χ3v) is 4.12. The summed E-state index contributed by atoms with van der Waals surface area (Å²) >= 11 is 6.09. The second-order valence-corrected chi connectivity index (χ2v) is 6.21. The number of carbonyl (C=O) groups is 2. The first-order chi connectivity index (χ1) is 13.7. The van der Waals surface area contributed by atoms with Gasteiger partial charge in [0.15, 0.2) is 0 Å². The van der Waals surface area contributed by atoms with Crippen molar-refractivity contribution in [2.24, 2.45) is 0 Å². The molecular formula is C18H13ClF3N3O4. The van der Waals surface area contributed by atoms with E-state index in [1.807, 2.05) is 0 Å². The highest BCUT2D eigenvalue weighted by molar-refractivity contribution is 6.32. The number of pyridine rings is 1. The number of aromatic nitrogens is 1. The lowest BCUT2D eigenvalue weighted by Crippen LogP contribution is -2.34. The first-order valence-corrected chi connectivity index (χ1v) is 8.53. The van der Waals surface area contributed by atoms with Gasteiger partial charge in [-0.25, -0.2) is 4.98 Å².